The standard InChI is InChI=1S/C9H8BrNO2S/c1-13-9(12)7-6-11-8(14-7)4-2-3-5-10/h6H,3,5H2,1H3. The highest BCUT2D eigenvalue weighted by Gasteiger charge is 2.08. The maximum Gasteiger partial charge on any atom is 0.349 e. The highest BCUT2D eigenvalue weighted by Crippen LogP contribution is 2.12. The van der Waals surface area contributed by atoms with Gasteiger partial charge in [0.2, 0.25) is 0 Å². The van der Waals surface area contributed by atoms with Crippen LogP contribution >= 0.6 is 27.3 Å². The molecule has 74 valence electrons. The number of carbonyl (C=O) groups is 1. The molecule has 14 heavy (non-hydrogen) atoms. The predicted octanol–water partition coefficient (Wildman–Crippen LogP) is 2.07. The summed E-state index contributed by atoms with van der Waals surface area (Å²) < 4.78 is 4.55. The summed E-state index contributed by atoms with van der Waals surface area (Å²) in [5.41, 5.74) is 0. The van der Waals surface area contributed by atoms with Gasteiger partial charge in [-0.15, -0.1) is 0 Å². The first kappa shape index (κ1) is 11.2. The van der Waals surface area contributed by atoms with E-state index in [-0.39, 0.29) is 5.97 Å². The fourth-order valence-corrected chi connectivity index (χ4v) is 1.62. The van der Waals surface area contributed by atoms with Crippen molar-refractivity contribution in [3.8, 4) is 11.8 Å². The minimum absolute atomic E-state index is 0.365. The monoisotopic (exact) mass is 273 g/mol. The number of hydrogen-bond donors (Lipinski definition) is 0. The number of rotatable bonds is 2. The van der Waals surface area contributed by atoms with Crippen LogP contribution in [0.3, 0.4) is 0 Å². The number of alkyl halides is 1. The van der Waals surface area contributed by atoms with Crippen molar-refractivity contribution >= 4 is 33.2 Å². The van der Waals surface area contributed by atoms with Crippen LogP contribution in [0.1, 0.15) is 21.1 Å². The molecule has 0 aliphatic rings. The van der Waals surface area contributed by atoms with Crippen LogP contribution in [-0.4, -0.2) is 23.4 Å². The zero-order valence-corrected chi connectivity index (χ0v) is 9.94. The van der Waals surface area contributed by atoms with Crippen molar-refractivity contribution in [2.24, 2.45) is 0 Å². The second-order valence-electron chi connectivity index (χ2n) is 2.26. The molecule has 3 nitrogen and oxygen atoms in total. The Balaban J connectivity index is 2.70. The second kappa shape index (κ2) is 5.78. The summed E-state index contributed by atoms with van der Waals surface area (Å²) in [5, 5.41) is 1.49. The molecule has 1 aromatic rings. The van der Waals surface area contributed by atoms with Gasteiger partial charge >= 0.3 is 5.97 Å². The first-order valence-corrected chi connectivity index (χ1v) is 5.80. The molecule has 0 aromatic carbocycles. The number of aromatic nitrogens is 1. The van der Waals surface area contributed by atoms with Crippen molar-refractivity contribution in [3.63, 3.8) is 0 Å². The molecule has 0 radical (unpaired) electrons. The fourth-order valence-electron chi connectivity index (χ4n) is 0.712. The van der Waals surface area contributed by atoms with E-state index in [9.17, 15) is 4.79 Å². The van der Waals surface area contributed by atoms with Gasteiger partial charge < -0.3 is 4.74 Å². The van der Waals surface area contributed by atoms with E-state index in [4.69, 9.17) is 0 Å². The van der Waals surface area contributed by atoms with Crippen LogP contribution in [0, 0.1) is 11.8 Å². The molecule has 0 atom stereocenters. The lowest BCUT2D eigenvalue weighted by atomic mass is 10.5. The molecule has 0 fully saturated rings. The lowest BCUT2D eigenvalue weighted by molar-refractivity contribution is 0.0606. The molecule has 0 aliphatic heterocycles. The maximum absolute atomic E-state index is 11.0. The summed E-state index contributed by atoms with van der Waals surface area (Å²) in [5.74, 6) is 5.42. The first-order chi connectivity index (χ1) is 6.77. The Hall–Kier alpha value is -0.860. The second-order valence-corrected chi connectivity index (χ2v) is 4.09. The van der Waals surface area contributed by atoms with Crippen molar-refractivity contribution in [1.82, 2.24) is 4.98 Å². The van der Waals surface area contributed by atoms with E-state index in [0.717, 1.165) is 11.8 Å². The molecule has 0 saturated heterocycles. The van der Waals surface area contributed by atoms with Crippen LogP contribution in [-0.2, 0) is 4.74 Å². The normalized spacial score (nSPS) is 9.00. The molecule has 0 N–H and O–H groups in total. The van der Waals surface area contributed by atoms with E-state index >= 15 is 0 Å². The summed E-state index contributed by atoms with van der Waals surface area (Å²) in [7, 11) is 1.35. The molecule has 0 amide bonds. The summed E-state index contributed by atoms with van der Waals surface area (Å²) in [4.78, 5) is 15.5. The molecular weight excluding hydrogens is 266 g/mol. The number of nitrogens with zero attached hydrogens (tertiary/aromatic N) is 1. The molecule has 1 rings (SSSR count). The number of esters is 1. The van der Waals surface area contributed by atoms with Crippen molar-refractivity contribution in [1.29, 1.82) is 0 Å². The van der Waals surface area contributed by atoms with Gasteiger partial charge in [-0.2, -0.15) is 0 Å². The van der Waals surface area contributed by atoms with Crippen LogP contribution < -0.4 is 0 Å². The lowest BCUT2D eigenvalue weighted by Gasteiger charge is -1.89. The smallest absolute Gasteiger partial charge is 0.349 e. The number of thiazole rings is 1. The van der Waals surface area contributed by atoms with Gasteiger partial charge in [0.05, 0.1) is 13.3 Å². The number of hydrogen-bond acceptors (Lipinski definition) is 4. The van der Waals surface area contributed by atoms with E-state index in [1.165, 1.54) is 24.6 Å². The average Bonchev–Trinajstić information content (AvgIpc) is 2.66. The zero-order chi connectivity index (χ0) is 10.4. The summed E-state index contributed by atoms with van der Waals surface area (Å²) in [6.45, 7) is 0. The third kappa shape index (κ3) is 3.13. The highest BCUT2D eigenvalue weighted by atomic mass is 79.9. The van der Waals surface area contributed by atoms with Gasteiger partial charge in [0.25, 0.3) is 0 Å². The Bertz CT molecular complexity index is 378. The summed E-state index contributed by atoms with van der Waals surface area (Å²) in [6.07, 6.45) is 2.25. The SMILES string of the molecule is COC(=O)c1cnc(C#CCCBr)s1. The van der Waals surface area contributed by atoms with Gasteiger partial charge in [-0.3, -0.25) is 0 Å². The van der Waals surface area contributed by atoms with Crippen molar-refractivity contribution < 1.29 is 9.53 Å². The number of carbonyl (C=O) groups excluding carboxylic acids is 1. The Morgan fingerprint density at radius 2 is 2.57 bits per heavy atom. The number of methoxy groups -OCH3 is 1. The number of halogens is 1. The quantitative estimate of drug-likeness (QED) is 0.471. The lowest BCUT2D eigenvalue weighted by Crippen LogP contribution is -1.96. The molecule has 0 bridgehead atoms. The maximum atomic E-state index is 11.0. The van der Waals surface area contributed by atoms with Gasteiger partial charge in [0.1, 0.15) is 4.88 Å². The molecule has 0 unspecified atom stereocenters. The molecule has 0 saturated carbocycles. The van der Waals surface area contributed by atoms with E-state index < -0.39 is 0 Å². The third-order valence-electron chi connectivity index (χ3n) is 1.31. The zero-order valence-electron chi connectivity index (χ0n) is 7.54. The Morgan fingerprint density at radius 1 is 1.79 bits per heavy atom. The minimum atomic E-state index is -0.365. The molecule has 0 spiro atoms. The Morgan fingerprint density at radius 3 is 3.21 bits per heavy atom. The van der Waals surface area contributed by atoms with E-state index in [1.807, 2.05) is 0 Å². The van der Waals surface area contributed by atoms with Crippen LogP contribution in [0.25, 0.3) is 0 Å². The minimum Gasteiger partial charge on any atom is -0.465 e. The molecule has 5 heteroatoms. The van der Waals surface area contributed by atoms with Gasteiger partial charge in [-0.1, -0.05) is 33.2 Å². The molecule has 1 aromatic heterocycles. The molecule has 1 heterocycles. The predicted molar refractivity (Wildman–Crippen MR) is 58.7 cm³/mol. The Kier molecular flexibility index (Phi) is 4.63. The van der Waals surface area contributed by atoms with Crippen LogP contribution in [0.4, 0.5) is 0 Å². The fraction of sp³-hybridized carbons (Fsp3) is 0.333. The average molecular weight is 274 g/mol. The Labute approximate surface area is 94.6 Å². The summed E-state index contributed by atoms with van der Waals surface area (Å²) >= 11 is 4.51. The van der Waals surface area contributed by atoms with Crippen molar-refractivity contribution in [2.45, 2.75) is 6.42 Å². The number of ether oxygens (including phenoxy) is 1. The van der Waals surface area contributed by atoms with E-state index in [1.54, 1.807) is 0 Å². The van der Waals surface area contributed by atoms with E-state index in [0.29, 0.717) is 9.88 Å². The van der Waals surface area contributed by atoms with E-state index in [2.05, 4.69) is 37.5 Å². The van der Waals surface area contributed by atoms with Gasteiger partial charge in [0.15, 0.2) is 5.01 Å². The summed E-state index contributed by atoms with van der Waals surface area (Å²) in [6, 6.07) is 0. The van der Waals surface area contributed by atoms with Crippen molar-refractivity contribution in [2.75, 3.05) is 12.4 Å². The highest BCUT2D eigenvalue weighted by molar-refractivity contribution is 9.09. The van der Waals surface area contributed by atoms with Gasteiger partial charge in [0, 0.05) is 11.8 Å². The van der Waals surface area contributed by atoms with Crippen LogP contribution in [0.5, 0.6) is 0 Å². The van der Waals surface area contributed by atoms with Crippen molar-refractivity contribution in [3.05, 3.63) is 16.1 Å². The first-order valence-electron chi connectivity index (χ1n) is 3.87. The van der Waals surface area contributed by atoms with Gasteiger partial charge in [-0.25, -0.2) is 9.78 Å². The molecular formula is C9H8BrNO2S. The van der Waals surface area contributed by atoms with Crippen LogP contribution in [0.2, 0.25) is 0 Å². The molecule has 0 aliphatic carbocycles. The topological polar surface area (TPSA) is 39.2 Å². The van der Waals surface area contributed by atoms with Crippen LogP contribution in [0.15, 0.2) is 6.20 Å². The third-order valence-corrected chi connectivity index (χ3v) is 2.60. The van der Waals surface area contributed by atoms with Gasteiger partial charge in [-0.05, 0) is 5.92 Å². The largest absolute Gasteiger partial charge is 0.465 e.